The van der Waals surface area contributed by atoms with Gasteiger partial charge in [0.25, 0.3) is 0 Å². The van der Waals surface area contributed by atoms with Gasteiger partial charge in [-0.1, -0.05) is 6.08 Å². The van der Waals surface area contributed by atoms with E-state index in [1.54, 1.807) is 0 Å². The molecule has 0 bridgehead atoms. The highest BCUT2D eigenvalue weighted by Crippen LogP contribution is 2.13. The second kappa shape index (κ2) is 1.65. The minimum atomic E-state index is 0.913. The number of nitrogens with zero attached hydrogens (tertiary/aromatic N) is 1. The van der Waals surface area contributed by atoms with Crippen molar-refractivity contribution in [2.45, 2.75) is 0 Å². The predicted octanol–water partition coefficient (Wildman–Crippen LogP) is 0.774. The third kappa shape index (κ3) is 0.633. The van der Waals surface area contributed by atoms with Gasteiger partial charge in [-0.25, -0.2) is 0 Å². The van der Waals surface area contributed by atoms with E-state index >= 15 is 0 Å². The first-order valence-electron chi connectivity index (χ1n) is 3.02. The number of fused-ring (bicyclic) bond motifs is 1. The van der Waals surface area contributed by atoms with Crippen LogP contribution >= 0.6 is 0 Å². The van der Waals surface area contributed by atoms with Gasteiger partial charge in [0.15, 0.2) is 0 Å². The molecule has 0 radical (unpaired) electrons. The van der Waals surface area contributed by atoms with Crippen LogP contribution in [-0.4, -0.2) is 11.6 Å². The topological polar surface area (TPSA) is 15.3 Å². The maximum atomic E-state index is 3.13. The van der Waals surface area contributed by atoms with Gasteiger partial charge in [0, 0.05) is 12.4 Å². The van der Waals surface area contributed by atoms with Crippen LogP contribution in [0, 0.1) is 0 Å². The van der Waals surface area contributed by atoms with E-state index < -0.39 is 0 Å². The molecule has 0 saturated carbocycles. The summed E-state index contributed by atoms with van der Waals surface area (Å²) in [7, 11) is 0. The third-order valence-electron chi connectivity index (χ3n) is 1.49. The Balaban J connectivity index is 2.33. The average Bonchev–Trinajstić information content (AvgIpc) is 2.33. The third-order valence-corrected chi connectivity index (χ3v) is 1.49. The molecule has 2 rings (SSSR count). The summed E-state index contributed by atoms with van der Waals surface area (Å²) in [4.78, 5) is 2.15. The van der Waals surface area contributed by atoms with E-state index in [4.69, 9.17) is 0 Å². The van der Waals surface area contributed by atoms with E-state index in [1.807, 2.05) is 18.4 Å². The summed E-state index contributed by atoms with van der Waals surface area (Å²) in [5.74, 6) is 0. The van der Waals surface area contributed by atoms with Crippen LogP contribution in [0.3, 0.4) is 0 Å². The molecule has 2 nitrogen and oxygen atoms in total. The zero-order valence-electron chi connectivity index (χ0n) is 5.04. The molecule has 46 valence electrons. The maximum Gasteiger partial charge on any atom is 0.0916 e. The van der Waals surface area contributed by atoms with Crippen LogP contribution in [0.1, 0.15) is 0 Å². The summed E-state index contributed by atoms with van der Waals surface area (Å²) in [6.07, 6.45) is 10.2. The average molecular weight is 120 g/mol. The van der Waals surface area contributed by atoms with Gasteiger partial charge in [-0.3, -0.25) is 0 Å². The van der Waals surface area contributed by atoms with Crippen LogP contribution < -0.4 is 5.32 Å². The van der Waals surface area contributed by atoms with Crippen molar-refractivity contribution in [2.24, 2.45) is 0 Å². The lowest BCUT2D eigenvalue weighted by atomic mass is 10.3. The molecule has 0 atom stereocenters. The van der Waals surface area contributed by atoms with Crippen molar-refractivity contribution in [2.75, 3.05) is 6.67 Å². The number of allylic oxidation sites excluding steroid dienone is 3. The van der Waals surface area contributed by atoms with Crippen LogP contribution in [0.5, 0.6) is 0 Å². The molecule has 2 aliphatic rings. The molecular weight excluding hydrogens is 112 g/mol. The number of rotatable bonds is 0. The van der Waals surface area contributed by atoms with Gasteiger partial charge in [0.2, 0.25) is 0 Å². The van der Waals surface area contributed by atoms with Crippen molar-refractivity contribution in [3.05, 3.63) is 36.3 Å². The highest BCUT2D eigenvalue weighted by Gasteiger charge is 2.09. The Bertz CT molecular complexity index is 198. The van der Waals surface area contributed by atoms with Gasteiger partial charge >= 0.3 is 0 Å². The Kier molecular flexibility index (Phi) is 0.859. The predicted molar refractivity (Wildman–Crippen MR) is 36.2 cm³/mol. The van der Waals surface area contributed by atoms with Crippen molar-refractivity contribution in [1.82, 2.24) is 10.2 Å². The Morgan fingerprint density at radius 1 is 1.44 bits per heavy atom. The maximum absolute atomic E-state index is 3.13. The second-order valence-corrected chi connectivity index (χ2v) is 2.10. The second-order valence-electron chi connectivity index (χ2n) is 2.10. The highest BCUT2D eigenvalue weighted by atomic mass is 15.3. The lowest BCUT2D eigenvalue weighted by Crippen LogP contribution is -2.17. The number of hydrogen-bond donors (Lipinski definition) is 1. The molecule has 2 heteroatoms. The van der Waals surface area contributed by atoms with Crippen LogP contribution in [0.15, 0.2) is 36.3 Å². The zero-order valence-corrected chi connectivity index (χ0v) is 5.04. The smallest absolute Gasteiger partial charge is 0.0916 e. The molecule has 1 N–H and O–H groups in total. The first kappa shape index (κ1) is 4.68. The molecular formula is C7H8N2. The first-order chi connectivity index (χ1) is 4.47. The van der Waals surface area contributed by atoms with Gasteiger partial charge in [-0.05, 0) is 12.2 Å². The minimum absolute atomic E-state index is 0.913. The van der Waals surface area contributed by atoms with E-state index in [9.17, 15) is 0 Å². The summed E-state index contributed by atoms with van der Waals surface area (Å²) >= 11 is 0. The van der Waals surface area contributed by atoms with E-state index in [-0.39, 0.29) is 0 Å². The monoisotopic (exact) mass is 120 g/mol. The molecule has 2 heterocycles. The van der Waals surface area contributed by atoms with Gasteiger partial charge in [0.1, 0.15) is 0 Å². The molecule has 0 unspecified atom stereocenters. The Morgan fingerprint density at radius 2 is 2.44 bits per heavy atom. The van der Waals surface area contributed by atoms with Gasteiger partial charge < -0.3 is 10.2 Å². The standard InChI is InChI=1S/C7H8N2/c1-2-4-9-6-8-5-7(9)3-1/h1-5,8H,6H2. The Morgan fingerprint density at radius 3 is 3.33 bits per heavy atom. The van der Waals surface area contributed by atoms with Gasteiger partial charge in [-0.15, -0.1) is 0 Å². The summed E-state index contributed by atoms with van der Waals surface area (Å²) in [5, 5.41) is 3.13. The lowest BCUT2D eigenvalue weighted by molar-refractivity contribution is 0.498. The number of hydrogen-bond acceptors (Lipinski definition) is 2. The van der Waals surface area contributed by atoms with Crippen molar-refractivity contribution in [3.8, 4) is 0 Å². The fourth-order valence-corrected chi connectivity index (χ4v) is 1.01. The van der Waals surface area contributed by atoms with Crippen LogP contribution in [0.2, 0.25) is 0 Å². The van der Waals surface area contributed by atoms with Crippen molar-refractivity contribution in [1.29, 1.82) is 0 Å². The Labute approximate surface area is 54.2 Å². The largest absolute Gasteiger partial charge is 0.372 e. The van der Waals surface area contributed by atoms with Gasteiger partial charge in [-0.2, -0.15) is 0 Å². The van der Waals surface area contributed by atoms with Crippen LogP contribution in [0.25, 0.3) is 0 Å². The summed E-state index contributed by atoms with van der Waals surface area (Å²) < 4.78 is 0. The SMILES string of the molecule is C1=CC2=CNCN2C=C1. The molecule has 2 aliphatic heterocycles. The van der Waals surface area contributed by atoms with Crippen LogP contribution in [-0.2, 0) is 0 Å². The number of nitrogens with one attached hydrogen (secondary N) is 1. The van der Waals surface area contributed by atoms with Crippen molar-refractivity contribution < 1.29 is 0 Å². The molecule has 0 aromatic rings. The molecule has 0 amide bonds. The zero-order chi connectivity index (χ0) is 6.10. The summed E-state index contributed by atoms with van der Waals surface area (Å²) in [5.41, 5.74) is 1.25. The van der Waals surface area contributed by atoms with E-state index in [0.29, 0.717) is 0 Å². The molecule has 0 fully saturated rings. The molecule has 0 aromatic heterocycles. The van der Waals surface area contributed by atoms with Crippen molar-refractivity contribution in [3.63, 3.8) is 0 Å². The molecule has 9 heavy (non-hydrogen) atoms. The molecule has 0 saturated heterocycles. The summed E-state index contributed by atoms with van der Waals surface area (Å²) in [6.45, 7) is 0.913. The van der Waals surface area contributed by atoms with E-state index in [1.165, 1.54) is 5.70 Å². The fraction of sp³-hybridized carbons (Fsp3) is 0.143. The van der Waals surface area contributed by atoms with E-state index in [0.717, 1.165) is 6.67 Å². The molecule has 0 spiro atoms. The fourth-order valence-electron chi connectivity index (χ4n) is 1.01. The summed E-state index contributed by atoms with van der Waals surface area (Å²) in [6, 6.07) is 0. The quantitative estimate of drug-likeness (QED) is 0.508. The molecule has 0 aliphatic carbocycles. The first-order valence-corrected chi connectivity index (χ1v) is 3.02. The van der Waals surface area contributed by atoms with E-state index in [2.05, 4.69) is 22.5 Å². The normalized spacial score (nSPS) is 21.3. The van der Waals surface area contributed by atoms with Gasteiger partial charge in [0.05, 0.1) is 12.4 Å². The lowest BCUT2D eigenvalue weighted by Gasteiger charge is -2.15. The highest BCUT2D eigenvalue weighted by molar-refractivity contribution is 5.29. The minimum Gasteiger partial charge on any atom is -0.372 e. The molecule has 0 aromatic carbocycles. The van der Waals surface area contributed by atoms with Crippen molar-refractivity contribution >= 4 is 0 Å². The Hall–Kier alpha value is -1.18. The van der Waals surface area contributed by atoms with Crippen LogP contribution in [0.4, 0.5) is 0 Å².